The fraction of sp³-hybridized carbons (Fsp3) is 0.692. The van der Waals surface area contributed by atoms with Crippen LogP contribution in [0.4, 0.5) is 6.01 Å². The van der Waals surface area contributed by atoms with Crippen LogP contribution < -0.4 is 5.73 Å². The summed E-state index contributed by atoms with van der Waals surface area (Å²) in [6.45, 7) is 1.27. The van der Waals surface area contributed by atoms with Crippen LogP contribution in [0.5, 0.6) is 0 Å². The van der Waals surface area contributed by atoms with Gasteiger partial charge in [-0.25, -0.2) is 0 Å². The van der Waals surface area contributed by atoms with Crippen LogP contribution in [0.25, 0.3) is 0 Å². The Balaban J connectivity index is 1.62. The SMILES string of the molecule is Nc1nc2c(o1)CN(C(=O)CC1CCCC1)CC2. The van der Waals surface area contributed by atoms with Crippen molar-refractivity contribution in [3.8, 4) is 0 Å². The zero-order chi connectivity index (χ0) is 12.5. The van der Waals surface area contributed by atoms with Gasteiger partial charge in [-0.15, -0.1) is 0 Å². The molecule has 1 aromatic rings. The zero-order valence-corrected chi connectivity index (χ0v) is 10.5. The second kappa shape index (κ2) is 4.63. The highest BCUT2D eigenvalue weighted by Gasteiger charge is 2.27. The van der Waals surface area contributed by atoms with Gasteiger partial charge in [0.15, 0.2) is 0 Å². The summed E-state index contributed by atoms with van der Waals surface area (Å²) in [5.41, 5.74) is 6.44. The first-order valence-electron chi connectivity index (χ1n) is 6.74. The van der Waals surface area contributed by atoms with Crippen LogP contribution in [0, 0.1) is 5.92 Å². The second-order valence-electron chi connectivity index (χ2n) is 5.34. The predicted molar refractivity (Wildman–Crippen MR) is 66.6 cm³/mol. The van der Waals surface area contributed by atoms with Crippen molar-refractivity contribution in [3.63, 3.8) is 0 Å². The molecule has 1 aliphatic heterocycles. The molecule has 1 fully saturated rings. The summed E-state index contributed by atoms with van der Waals surface area (Å²) in [6.07, 6.45) is 6.42. The monoisotopic (exact) mass is 249 g/mol. The normalized spacial score (nSPS) is 20.1. The maximum atomic E-state index is 12.2. The van der Waals surface area contributed by atoms with E-state index in [1.807, 2.05) is 4.90 Å². The number of oxazole rings is 1. The van der Waals surface area contributed by atoms with Crippen LogP contribution in [-0.4, -0.2) is 22.3 Å². The van der Waals surface area contributed by atoms with Crippen LogP contribution in [0.2, 0.25) is 0 Å². The number of nitrogens with two attached hydrogens (primary N) is 1. The molecule has 2 N–H and O–H groups in total. The first kappa shape index (κ1) is 11.6. The van der Waals surface area contributed by atoms with Crippen molar-refractivity contribution in [1.29, 1.82) is 0 Å². The van der Waals surface area contributed by atoms with Crippen LogP contribution >= 0.6 is 0 Å². The minimum Gasteiger partial charge on any atom is -0.427 e. The van der Waals surface area contributed by atoms with Crippen molar-refractivity contribution in [3.05, 3.63) is 11.5 Å². The molecule has 98 valence electrons. The number of amides is 1. The van der Waals surface area contributed by atoms with Crippen molar-refractivity contribution >= 4 is 11.9 Å². The summed E-state index contributed by atoms with van der Waals surface area (Å²) in [5.74, 6) is 1.61. The lowest BCUT2D eigenvalue weighted by atomic mass is 10.0. The summed E-state index contributed by atoms with van der Waals surface area (Å²) >= 11 is 0. The average molecular weight is 249 g/mol. The van der Waals surface area contributed by atoms with Gasteiger partial charge in [0.2, 0.25) is 5.91 Å². The lowest BCUT2D eigenvalue weighted by molar-refractivity contribution is -0.133. The van der Waals surface area contributed by atoms with E-state index in [0.717, 1.165) is 24.4 Å². The van der Waals surface area contributed by atoms with Crippen LogP contribution in [-0.2, 0) is 17.8 Å². The fourth-order valence-corrected chi connectivity index (χ4v) is 3.02. The molecule has 0 atom stereocenters. The number of carbonyl (C=O) groups is 1. The third kappa shape index (κ3) is 2.21. The van der Waals surface area contributed by atoms with Crippen LogP contribution in [0.1, 0.15) is 43.6 Å². The Labute approximate surface area is 106 Å². The first-order chi connectivity index (χ1) is 8.72. The summed E-state index contributed by atoms with van der Waals surface area (Å²) < 4.78 is 5.33. The molecular weight excluding hydrogens is 230 g/mol. The van der Waals surface area contributed by atoms with Gasteiger partial charge in [0.1, 0.15) is 5.76 Å². The molecule has 1 saturated carbocycles. The molecular formula is C13H19N3O2. The Kier molecular flexibility index (Phi) is 2.97. The highest BCUT2D eigenvalue weighted by Crippen LogP contribution is 2.29. The number of aromatic nitrogens is 1. The summed E-state index contributed by atoms with van der Waals surface area (Å²) in [7, 11) is 0. The van der Waals surface area contributed by atoms with E-state index in [9.17, 15) is 4.79 Å². The van der Waals surface area contributed by atoms with Crippen molar-refractivity contribution in [2.45, 2.75) is 45.1 Å². The number of rotatable bonds is 2. The van der Waals surface area contributed by atoms with Crippen LogP contribution in [0.3, 0.4) is 0 Å². The maximum absolute atomic E-state index is 12.2. The fourth-order valence-electron chi connectivity index (χ4n) is 3.02. The average Bonchev–Trinajstić information content (AvgIpc) is 2.95. The maximum Gasteiger partial charge on any atom is 0.292 e. The zero-order valence-electron chi connectivity index (χ0n) is 10.5. The summed E-state index contributed by atoms with van der Waals surface area (Å²) in [4.78, 5) is 18.2. The molecule has 1 aromatic heterocycles. The molecule has 5 heteroatoms. The molecule has 3 rings (SSSR count). The van der Waals surface area contributed by atoms with E-state index >= 15 is 0 Å². The molecule has 0 radical (unpaired) electrons. The highest BCUT2D eigenvalue weighted by molar-refractivity contribution is 5.76. The quantitative estimate of drug-likeness (QED) is 0.866. The molecule has 0 bridgehead atoms. The topological polar surface area (TPSA) is 72.4 Å². The Morgan fingerprint density at radius 1 is 1.44 bits per heavy atom. The van der Waals surface area contributed by atoms with E-state index in [-0.39, 0.29) is 11.9 Å². The molecule has 0 spiro atoms. The molecule has 1 amide bonds. The van der Waals surface area contributed by atoms with Crippen molar-refractivity contribution in [2.75, 3.05) is 12.3 Å². The summed E-state index contributed by atoms with van der Waals surface area (Å²) in [5, 5.41) is 0. The number of carbonyl (C=O) groups excluding carboxylic acids is 1. The molecule has 18 heavy (non-hydrogen) atoms. The lowest BCUT2D eigenvalue weighted by Gasteiger charge is -2.26. The van der Waals surface area contributed by atoms with E-state index in [0.29, 0.717) is 18.9 Å². The molecule has 0 aromatic carbocycles. The molecule has 0 unspecified atom stereocenters. The smallest absolute Gasteiger partial charge is 0.292 e. The molecule has 2 heterocycles. The Morgan fingerprint density at radius 3 is 3.00 bits per heavy atom. The number of nitrogens with zero attached hydrogens (tertiary/aromatic N) is 2. The number of hydrogen-bond donors (Lipinski definition) is 1. The van der Waals surface area contributed by atoms with Gasteiger partial charge in [-0.3, -0.25) is 4.79 Å². The van der Waals surface area contributed by atoms with Crippen molar-refractivity contribution < 1.29 is 9.21 Å². The molecule has 2 aliphatic rings. The van der Waals surface area contributed by atoms with Gasteiger partial charge >= 0.3 is 0 Å². The number of fused-ring (bicyclic) bond motifs is 1. The van der Waals surface area contributed by atoms with Gasteiger partial charge in [0.05, 0.1) is 12.2 Å². The van der Waals surface area contributed by atoms with Crippen molar-refractivity contribution in [2.24, 2.45) is 5.92 Å². The number of anilines is 1. The largest absolute Gasteiger partial charge is 0.427 e. The van der Waals surface area contributed by atoms with E-state index in [4.69, 9.17) is 10.2 Å². The van der Waals surface area contributed by atoms with E-state index in [2.05, 4.69) is 4.98 Å². The van der Waals surface area contributed by atoms with Crippen molar-refractivity contribution in [1.82, 2.24) is 9.88 Å². The first-order valence-corrected chi connectivity index (χ1v) is 6.74. The Bertz CT molecular complexity index is 449. The predicted octanol–water partition coefficient (Wildman–Crippen LogP) is 1.72. The van der Waals surface area contributed by atoms with E-state index in [1.165, 1.54) is 25.7 Å². The van der Waals surface area contributed by atoms with E-state index in [1.54, 1.807) is 0 Å². The van der Waals surface area contributed by atoms with E-state index < -0.39 is 0 Å². The lowest BCUT2D eigenvalue weighted by Crippen LogP contribution is -2.36. The van der Waals surface area contributed by atoms with Gasteiger partial charge < -0.3 is 15.1 Å². The second-order valence-corrected chi connectivity index (χ2v) is 5.34. The summed E-state index contributed by atoms with van der Waals surface area (Å²) in [6, 6.07) is 0.213. The van der Waals surface area contributed by atoms with Gasteiger partial charge in [-0.2, -0.15) is 4.98 Å². The number of hydrogen-bond acceptors (Lipinski definition) is 4. The van der Waals surface area contributed by atoms with Crippen LogP contribution in [0.15, 0.2) is 4.42 Å². The van der Waals surface area contributed by atoms with Gasteiger partial charge in [0.25, 0.3) is 6.01 Å². The molecule has 1 aliphatic carbocycles. The molecule has 0 saturated heterocycles. The van der Waals surface area contributed by atoms with Gasteiger partial charge in [-0.1, -0.05) is 12.8 Å². The number of nitrogen functional groups attached to an aromatic ring is 1. The minimum atomic E-state index is 0.213. The Hall–Kier alpha value is -1.52. The Morgan fingerprint density at radius 2 is 2.22 bits per heavy atom. The van der Waals surface area contributed by atoms with Gasteiger partial charge in [0, 0.05) is 19.4 Å². The third-order valence-electron chi connectivity index (χ3n) is 4.04. The highest BCUT2D eigenvalue weighted by atomic mass is 16.4. The standard InChI is InChI=1S/C13H19N3O2/c14-13-15-10-5-6-16(8-11(10)18-13)12(17)7-9-3-1-2-4-9/h9H,1-8H2,(H2,14,15). The van der Waals surface area contributed by atoms with Gasteiger partial charge in [-0.05, 0) is 18.8 Å². The third-order valence-corrected chi connectivity index (χ3v) is 4.04. The molecule has 5 nitrogen and oxygen atoms in total. The minimum absolute atomic E-state index is 0.213.